The van der Waals surface area contributed by atoms with Gasteiger partial charge in [0.1, 0.15) is 31.4 Å². The van der Waals surface area contributed by atoms with E-state index in [1.54, 1.807) is 18.2 Å². The van der Waals surface area contributed by atoms with Crippen molar-refractivity contribution in [1.29, 1.82) is 0 Å². The largest absolute Gasteiger partial charge is 0.488 e. The molecule has 1 heterocycles. The molecule has 0 bridgehead atoms. The third-order valence-electron chi connectivity index (χ3n) is 4.45. The molecule has 0 atom stereocenters. The van der Waals surface area contributed by atoms with Crippen LogP contribution in [0.4, 0.5) is 10.1 Å². The average molecular weight is 434 g/mol. The Morgan fingerprint density at radius 1 is 0.897 bits per heavy atom. The van der Waals surface area contributed by atoms with Crippen LogP contribution in [0.2, 0.25) is 10.0 Å². The van der Waals surface area contributed by atoms with Gasteiger partial charge in [0.05, 0.1) is 5.02 Å². The lowest BCUT2D eigenvalue weighted by atomic mass is 10.2. The fraction of sp³-hybridized carbons (Fsp3) is 0.182. The molecule has 7 heteroatoms. The predicted molar refractivity (Wildman–Crippen MR) is 112 cm³/mol. The molecule has 1 aliphatic rings. The average Bonchev–Trinajstić information content (AvgIpc) is 2.72. The fourth-order valence-electron chi connectivity index (χ4n) is 2.97. The van der Waals surface area contributed by atoms with E-state index in [9.17, 15) is 4.39 Å². The Balaban J connectivity index is 1.46. The van der Waals surface area contributed by atoms with Gasteiger partial charge >= 0.3 is 0 Å². The van der Waals surface area contributed by atoms with E-state index in [-0.39, 0.29) is 12.4 Å². The van der Waals surface area contributed by atoms with Gasteiger partial charge in [-0.3, -0.25) is 0 Å². The van der Waals surface area contributed by atoms with Crippen LogP contribution >= 0.6 is 23.2 Å². The van der Waals surface area contributed by atoms with Crippen molar-refractivity contribution in [2.75, 3.05) is 18.5 Å². The molecule has 0 radical (unpaired) electrons. The summed E-state index contributed by atoms with van der Waals surface area (Å²) in [6.45, 7) is 1.81. The molecule has 3 aromatic rings. The zero-order valence-corrected chi connectivity index (χ0v) is 16.9. The van der Waals surface area contributed by atoms with Gasteiger partial charge in [-0.05, 0) is 42.5 Å². The summed E-state index contributed by atoms with van der Waals surface area (Å²) in [6.07, 6.45) is 0. The first kappa shape index (κ1) is 19.7. The van der Waals surface area contributed by atoms with Crippen LogP contribution in [0.25, 0.3) is 0 Å². The maximum absolute atomic E-state index is 13.2. The highest BCUT2D eigenvalue weighted by Crippen LogP contribution is 2.33. The van der Waals surface area contributed by atoms with Crippen molar-refractivity contribution in [2.24, 2.45) is 0 Å². The van der Waals surface area contributed by atoms with E-state index in [4.69, 9.17) is 37.4 Å². The van der Waals surface area contributed by atoms with E-state index >= 15 is 0 Å². The van der Waals surface area contributed by atoms with Crippen molar-refractivity contribution in [3.63, 3.8) is 0 Å². The van der Waals surface area contributed by atoms with Gasteiger partial charge < -0.3 is 19.5 Å². The van der Waals surface area contributed by atoms with Crippen molar-refractivity contribution in [3.05, 3.63) is 81.6 Å². The van der Waals surface area contributed by atoms with Gasteiger partial charge in [0, 0.05) is 34.4 Å². The van der Waals surface area contributed by atoms with Crippen LogP contribution in [0.15, 0.2) is 54.6 Å². The maximum atomic E-state index is 13.2. The van der Waals surface area contributed by atoms with Gasteiger partial charge in [0.2, 0.25) is 0 Å². The molecule has 0 aliphatic carbocycles. The van der Waals surface area contributed by atoms with Gasteiger partial charge in [0.15, 0.2) is 11.5 Å². The first-order valence-corrected chi connectivity index (χ1v) is 9.83. The molecule has 1 aliphatic heterocycles. The number of fused-ring (bicyclic) bond motifs is 1. The highest BCUT2D eigenvalue weighted by atomic mass is 35.5. The first-order chi connectivity index (χ1) is 14.1. The molecule has 4 nitrogen and oxygen atoms in total. The monoisotopic (exact) mass is 433 g/mol. The molecular formula is C22H18Cl2FNO3. The minimum Gasteiger partial charge on any atom is -0.488 e. The number of anilines is 1. The van der Waals surface area contributed by atoms with Crippen LogP contribution in [0, 0.1) is 5.82 Å². The van der Waals surface area contributed by atoms with Crippen LogP contribution in [-0.2, 0) is 13.2 Å². The highest BCUT2D eigenvalue weighted by molar-refractivity contribution is 6.31. The Morgan fingerprint density at radius 2 is 1.72 bits per heavy atom. The van der Waals surface area contributed by atoms with Crippen LogP contribution < -0.4 is 19.5 Å². The summed E-state index contributed by atoms with van der Waals surface area (Å²) in [5, 5.41) is 4.28. The SMILES string of the molecule is Fc1ccc(COc2ccc(Cl)cc2CNc2ccc3c(c2)OCCO3)c(Cl)c1. The predicted octanol–water partition coefficient (Wildman–Crippen LogP) is 6.09. The quantitative estimate of drug-likeness (QED) is 0.509. The van der Waals surface area contributed by atoms with E-state index in [1.807, 2.05) is 24.3 Å². The summed E-state index contributed by atoms with van der Waals surface area (Å²) < 4.78 is 30.3. The fourth-order valence-corrected chi connectivity index (χ4v) is 3.39. The summed E-state index contributed by atoms with van der Waals surface area (Å²) in [6, 6.07) is 15.4. The van der Waals surface area contributed by atoms with Crippen molar-refractivity contribution >= 4 is 28.9 Å². The lowest BCUT2D eigenvalue weighted by Gasteiger charge is -2.19. The zero-order valence-electron chi connectivity index (χ0n) is 15.4. The highest BCUT2D eigenvalue weighted by Gasteiger charge is 2.12. The molecule has 0 fully saturated rings. The van der Waals surface area contributed by atoms with Crippen molar-refractivity contribution in [1.82, 2.24) is 0 Å². The van der Waals surface area contributed by atoms with Gasteiger partial charge in [-0.15, -0.1) is 0 Å². The summed E-state index contributed by atoms with van der Waals surface area (Å²) in [4.78, 5) is 0. The summed E-state index contributed by atoms with van der Waals surface area (Å²) in [5.74, 6) is 1.74. The molecule has 0 amide bonds. The number of rotatable bonds is 6. The standard InChI is InChI=1S/C22H18Cl2FNO3/c23-16-2-5-20(29-13-14-1-3-17(25)10-19(14)24)15(9-16)12-26-18-4-6-21-22(11-18)28-8-7-27-21/h1-6,9-11,26H,7-8,12-13H2. The smallest absolute Gasteiger partial charge is 0.163 e. The molecule has 0 aromatic heterocycles. The molecule has 150 valence electrons. The van der Waals surface area contributed by atoms with Crippen LogP contribution in [-0.4, -0.2) is 13.2 Å². The van der Waals surface area contributed by atoms with Crippen molar-refractivity contribution in [3.8, 4) is 17.2 Å². The van der Waals surface area contributed by atoms with Crippen LogP contribution in [0.3, 0.4) is 0 Å². The summed E-state index contributed by atoms with van der Waals surface area (Å²) in [7, 11) is 0. The van der Waals surface area contributed by atoms with Gasteiger partial charge in [-0.1, -0.05) is 29.3 Å². The number of nitrogens with one attached hydrogen (secondary N) is 1. The van der Waals surface area contributed by atoms with E-state index < -0.39 is 0 Å². The number of halogens is 3. The minimum absolute atomic E-state index is 0.220. The normalized spacial score (nSPS) is 12.5. The Morgan fingerprint density at radius 3 is 2.55 bits per heavy atom. The third kappa shape index (κ3) is 4.86. The van der Waals surface area contributed by atoms with Gasteiger partial charge in [-0.2, -0.15) is 0 Å². The van der Waals surface area contributed by atoms with Crippen LogP contribution in [0.1, 0.15) is 11.1 Å². The molecule has 0 saturated heterocycles. The molecule has 0 saturated carbocycles. The molecule has 3 aromatic carbocycles. The third-order valence-corrected chi connectivity index (χ3v) is 5.03. The molecule has 0 spiro atoms. The van der Waals surface area contributed by atoms with E-state index in [2.05, 4.69) is 5.32 Å². The van der Waals surface area contributed by atoms with Gasteiger partial charge in [-0.25, -0.2) is 4.39 Å². The number of benzene rings is 3. The second-order valence-electron chi connectivity index (χ2n) is 6.49. The summed E-state index contributed by atoms with van der Waals surface area (Å²) >= 11 is 12.3. The minimum atomic E-state index is -0.380. The zero-order chi connectivity index (χ0) is 20.2. The molecule has 29 heavy (non-hydrogen) atoms. The Bertz CT molecular complexity index is 1030. The lowest BCUT2D eigenvalue weighted by Crippen LogP contribution is -2.15. The number of ether oxygens (including phenoxy) is 3. The van der Waals surface area contributed by atoms with Crippen molar-refractivity contribution < 1.29 is 18.6 Å². The molecule has 1 N–H and O–H groups in total. The van der Waals surface area contributed by atoms with Gasteiger partial charge in [0.25, 0.3) is 0 Å². The van der Waals surface area contributed by atoms with E-state index in [0.717, 1.165) is 22.7 Å². The van der Waals surface area contributed by atoms with E-state index in [0.29, 0.717) is 41.1 Å². The second-order valence-corrected chi connectivity index (χ2v) is 7.33. The lowest BCUT2D eigenvalue weighted by molar-refractivity contribution is 0.171. The topological polar surface area (TPSA) is 39.7 Å². The Hall–Kier alpha value is -2.63. The number of hydrogen-bond donors (Lipinski definition) is 1. The molecule has 4 rings (SSSR count). The Labute approximate surface area is 178 Å². The number of hydrogen-bond acceptors (Lipinski definition) is 4. The Kier molecular flexibility index (Phi) is 5.97. The van der Waals surface area contributed by atoms with Crippen molar-refractivity contribution in [2.45, 2.75) is 13.2 Å². The van der Waals surface area contributed by atoms with E-state index in [1.165, 1.54) is 12.1 Å². The van der Waals surface area contributed by atoms with Crippen LogP contribution in [0.5, 0.6) is 17.2 Å². The summed E-state index contributed by atoms with van der Waals surface area (Å²) in [5.41, 5.74) is 2.47. The molecule has 0 unspecified atom stereocenters. The first-order valence-electron chi connectivity index (χ1n) is 9.07. The second kappa shape index (κ2) is 8.80. The molecular weight excluding hydrogens is 416 g/mol. The maximum Gasteiger partial charge on any atom is 0.163 e.